The van der Waals surface area contributed by atoms with Gasteiger partial charge in [0.1, 0.15) is 24.1 Å². The maximum absolute atomic E-state index is 13.0. The van der Waals surface area contributed by atoms with Crippen molar-refractivity contribution in [3.8, 4) is 23.7 Å². The molecule has 0 spiro atoms. The van der Waals surface area contributed by atoms with Gasteiger partial charge in [0.15, 0.2) is 0 Å². The topological polar surface area (TPSA) is 93.2 Å². The molecule has 4 aromatic rings. The number of anilines is 2. The highest BCUT2D eigenvalue weighted by molar-refractivity contribution is 5.93. The molecule has 7 nitrogen and oxygen atoms in total. The fourth-order valence-electron chi connectivity index (χ4n) is 3.07. The molecule has 8 heteroatoms. The van der Waals surface area contributed by atoms with Gasteiger partial charge in [-0.05, 0) is 54.6 Å². The molecule has 2 amide bonds. The van der Waals surface area contributed by atoms with Gasteiger partial charge >= 0.3 is 0 Å². The van der Waals surface area contributed by atoms with E-state index >= 15 is 0 Å². The normalized spacial score (nSPS) is 10.0. The quantitative estimate of drug-likeness (QED) is 0.313. The van der Waals surface area contributed by atoms with Gasteiger partial charge in [-0.25, -0.2) is 14.4 Å². The van der Waals surface area contributed by atoms with Crippen LogP contribution in [-0.4, -0.2) is 35.5 Å². The molecule has 2 aromatic carbocycles. The number of pyridine rings is 2. The molecule has 2 aromatic heterocycles. The molecule has 2 N–H and O–H groups in total. The van der Waals surface area contributed by atoms with Crippen LogP contribution in [0, 0.1) is 34.9 Å². The predicted octanol–water partition coefficient (Wildman–Crippen LogP) is 5.67. The lowest BCUT2D eigenvalue weighted by Crippen LogP contribution is -2.27. The fraction of sp³-hybridized carbons (Fsp3) is 0.176. The first kappa shape index (κ1) is 31.2. The molecule has 0 saturated heterocycles. The molecular formula is C34H31FN4O3. The second-order valence-corrected chi connectivity index (χ2v) is 9.93. The van der Waals surface area contributed by atoms with Crippen molar-refractivity contribution in [3.05, 3.63) is 119 Å². The van der Waals surface area contributed by atoms with Crippen LogP contribution in [0.3, 0.4) is 0 Å². The molecule has 42 heavy (non-hydrogen) atoms. The standard InChI is InChI=1S/C18H17FN2O.C16H14N2O2/c1-18(2,3)17(22)21-16-10-9-14(12-20-16)8-7-13-5-4-6-15(19)11-13;1-20-12-16(19)18-15-10-9-14(11-17-15)8-7-13-5-3-2-4-6-13/h4-6,9-12H,1-3H3,(H,20,21,22);2-6,9-11H,12H2,1H3,(H,17,18,19). The molecular weight excluding hydrogens is 531 g/mol. The second kappa shape index (κ2) is 15.5. The zero-order valence-corrected chi connectivity index (χ0v) is 23.9. The highest BCUT2D eigenvalue weighted by atomic mass is 19.1. The number of benzene rings is 2. The van der Waals surface area contributed by atoms with Crippen molar-refractivity contribution in [3.63, 3.8) is 0 Å². The SMILES string of the molecule is CC(C)(C)C(=O)Nc1ccc(C#Cc2cccc(F)c2)cn1.COCC(=O)Nc1ccc(C#Cc2ccccc2)cn1. The van der Waals surface area contributed by atoms with Crippen LogP contribution >= 0.6 is 0 Å². The number of aromatic nitrogens is 2. The van der Waals surface area contributed by atoms with Crippen LogP contribution in [0.25, 0.3) is 0 Å². The van der Waals surface area contributed by atoms with E-state index < -0.39 is 5.41 Å². The van der Waals surface area contributed by atoms with Crippen molar-refractivity contribution < 1.29 is 18.7 Å². The summed E-state index contributed by atoms with van der Waals surface area (Å²) in [4.78, 5) is 31.4. The van der Waals surface area contributed by atoms with Crippen LogP contribution in [0.15, 0.2) is 91.3 Å². The van der Waals surface area contributed by atoms with Crippen molar-refractivity contribution in [2.45, 2.75) is 20.8 Å². The third-order valence-electron chi connectivity index (χ3n) is 5.29. The van der Waals surface area contributed by atoms with Crippen molar-refractivity contribution in [1.82, 2.24) is 9.97 Å². The number of methoxy groups -OCH3 is 1. The van der Waals surface area contributed by atoms with Crippen LogP contribution in [0.4, 0.5) is 16.0 Å². The molecule has 0 unspecified atom stereocenters. The Morgan fingerprint density at radius 3 is 1.81 bits per heavy atom. The van der Waals surface area contributed by atoms with Crippen LogP contribution < -0.4 is 10.6 Å². The van der Waals surface area contributed by atoms with Crippen molar-refractivity contribution in [1.29, 1.82) is 0 Å². The van der Waals surface area contributed by atoms with Crippen LogP contribution in [-0.2, 0) is 14.3 Å². The number of nitrogens with zero attached hydrogens (tertiary/aromatic N) is 2. The number of hydrogen-bond acceptors (Lipinski definition) is 5. The van der Waals surface area contributed by atoms with Crippen molar-refractivity contribution >= 4 is 23.5 Å². The Balaban J connectivity index is 0.000000231. The first-order valence-corrected chi connectivity index (χ1v) is 13.0. The third kappa shape index (κ3) is 11.1. The van der Waals surface area contributed by atoms with Crippen molar-refractivity contribution in [2.75, 3.05) is 24.4 Å². The molecule has 4 rings (SSSR count). The fourth-order valence-corrected chi connectivity index (χ4v) is 3.07. The monoisotopic (exact) mass is 562 g/mol. The van der Waals surface area contributed by atoms with Gasteiger partial charge in [-0.2, -0.15) is 0 Å². The van der Waals surface area contributed by atoms with Gasteiger partial charge in [0.25, 0.3) is 5.91 Å². The number of amides is 2. The summed E-state index contributed by atoms with van der Waals surface area (Å²) in [6, 6.07) is 22.8. The van der Waals surface area contributed by atoms with E-state index in [-0.39, 0.29) is 24.2 Å². The van der Waals surface area contributed by atoms with E-state index in [2.05, 4.69) is 44.3 Å². The molecule has 0 fully saturated rings. The highest BCUT2D eigenvalue weighted by Gasteiger charge is 2.21. The molecule has 212 valence electrons. The summed E-state index contributed by atoms with van der Waals surface area (Å²) < 4.78 is 17.8. The number of rotatable bonds is 4. The van der Waals surface area contributed by atoms with Crippen molar-refractivity contribution in [2.24, 2.45) is 5.41 Å². The van der Waals surface area contributed by atoms with Gasteiger partial charge in [0.05, 0.1) is 0 Å². The Morgan fingerprint density at radius 2 is 1.29 bits per heavy atom. The number of carbonyl (C=O) groups is 2. The molecule has 0 aliphatic carbocycles. The Bertz CT molecular complexity index is 1610. The van der Waals surface area contributed by atoms with Gasteiger partial charge < -0.3 is 15.4 Å². The van der Waals surface area contributed by atoms with E-state index in [1.165, 1.54) is 19.2 Å². The Morgan fingerprint density at radius 1 is 0.738 bits per heavy atom. The first-order valence-electron chi connectivity index (χ1n) is 13.0. The second-order valence-electron chi connectivity index (χ2n) is 9.93. The molecule has 0 aliphatic heterocycles. The zero-order chi connectivity index (χ0) is 30.4. The number of carbonyl (C=O) groups excluding carboxylic acids is 2. The summed E-state index contributed by atoms with van der Waals surface area (Å²) in [6.07, 6.45) is 3.20. The van der Waals surface area contributed by atoms with E-state index in [0.29, 0.717) is 22.8 Å². The number of halogens is 1. The maximum Gasteiger partial charge on any atom is 0.251 e. The third-order valence-corrected chi connectivity index (χ3v) is 5.29. The van der Waals surface area contributed by atoms with Gasteiger partial charge in [-0.15, -0.1) is 0 Å². The van der Waals surface area contributed by atoms with Gasteiger partial charge in [0, 0.05) is 47.2 Å². The largest absolute Gasteiger partial charge is 0.375 e. The summed E-state index contributed by atoms with van der Waals surface area (Å²) in [5.74, 6) is 12.2. The minimum absolute atomic E-state index is 0.0112. The van der Waals surface area contributed by atoms with Gasteiger partial charge in [0.2, 0.25) is 5.91 Å². The maximum atomic E-state index is 13.0. The average molecular weight is 563 g/mol. The number of nitrogens with one attached hydrogen (secondary N) is 2. The van der Waals surface area contributed by atoms with E-state index in [0.717, 1.165) is 11.1 Å². The van der Waals surface area contributed by atoms with E-state index in [1.54, 1.807) is 42.7 Å². The van der Waals surface area contributed by atoms with Crippen LogP contribution in [0.5, 0.6) is 0 Å². The van der Waals surface area contributed by atoms with E-state index in [4.69, 9.17) is 4.74 Å². The molecule has 0 radical (unpaired) electrons. The summed E-state index contributed by atoms with van der Waals surface area (Å²) >= 11 is 0. The minimum atomic E-state index is -0.475. The Hall–Kier alpha value is -5.31. The zero-order valence-electron chi connectivity index (χ0n) is 23.9. The first-order chi connectivity index (χ1) is 20.1. The van der Waals surface area contributed by atoms with Crippen LogP contribution in [0.2, 0.25) is 0 Å². The lowest BCUT2D eigenvalue weighted by atomic mass is 9.96. The summed E-state index contributed by atoms with van der Waals surface area (Å²) in [7, 11) is 1.47. The number of hydrogen-bond donors (Lipinski definition) is 2. The van der Waals surface area contributed by atoms with Gasteiger partial charge in [-0.3, -0.25) is 9.59 Å². The average Bonchev–Trinajstić information content (AvgIpc) is 2.97. The van der Waals surface area contributed by atoms with Crippen LogP contribution in [0.1, 0.15) is 43.0 Å². The molecule has 2 heterocycles. The molecule has 0 saturated carbocycles. The number of ether oxygens (including phenoxy) is 1. The summed E-state index contributed by atoms with van der Waals surface area (Å²) in [5, 5.41) is 5.36. The molecule has 0 atom stereocenters. The lowest BCUT2D eigenvalue weighted by Gasteiger charge is -2.16. The summed E-state index contributed by atoms with van der Waals surface area (Å²) in [6.45, 7) is 5.51. The smallest absolute Gasteiger partial charge is 0.251 e. The Kier molecular flexibility index (Phi) is 11.5. The highest BCUT2D eigenvalue weighted by Crippen LogP contribution is 2.16. The molecule has 0 aliphatic rings. The van der Waals surface area contributed by atoms with E-state index in [9.17, 15) is 14.0 Å². The van der Waals surface area contributed by atoms with E-state index in [1.807, 2.05) is 57.2 Å². The summed E-state index contributed by atoms with van der Waals surface area (Å²) in [5.41, 5.74) is 2.56. The van der Waals surface area contributed by atoms with Gasteiger partial charge in [-0.1, -0.05) is 68.7 Å². The lowest BCUT2D eigenvalue weighted by molar-refractivity contribution is -0.123. The Labute approximate surface area is 245 Å². The predicted molar refractivity (Wildman–Crippen MR) is 162 cm³/mol. The molecule has 0 bridgehead atoms. The minimum Gasteiger partial charge on any atom is -0.375 e.